The second kappa shape index (κ2) is 6.21. The highest BCUT2D eigenvalue weighted by Gasteiger charge is 2.18. The molecular formula is C20H18FNO. The number of halogens is 1. The fraction of sp³-hybridized carbons (Fsp3) is 0.150. The molecule has 0 N–H and O–H groups in total. The molecule has 2 nitrogen and oxygen atoms in total. The lowest BCUT2D eigenvalue weighted by molar-refractivity contribution is -0.104. The Hall–Kier alpha value is -2.68. The molecule has 116 valence electrons. The highest BCUT2D eigenvalue weighted by molar-refractivity contribution is 6.01. The van der Waals surface area contributed by atoms with Gasteiger partial charge in [0.05, 0.1) is 5.69 Å². The van der Waals surface area contributed by atoms with E-state index in [1.54, 1.807) is 12.1 Å². The summed E-state index contributed by atoms with van der Waals surface area (Å²) >= 11 is 0. The monoisotopic (exact) mass is 307 g/mol. The number of carbonyl (C=O) groups excluding carboxylic acids is 1. The third kappa shape index (κ3) is 2.70. The summed E-state index contributed by atoms with van der Waals surface area (Å²) in [7, 11) is 0. The van der Waals surface area contributed by atoms with E-state index in [-0.39, 0.29) is 11.9 Å². The van der Waals surface area contributed by atoms with Gasteiger partial charge in [-0.25, -0.2) is 4.39 Å². The molecule has 0 unspecified atom stereocenters. The van der Waals surface area contributed by atoms with Gasteiger partial charge in [-0.3, -0.25) is 4.79 Å². The lowest BCUT2D eigenvalue weighted by Gasteiger charge is -2.13. The van der Waals surface area contributed by atoms with Crippen LogP contribution in [0.1, 0.15) is 25.6 Å². The molecule has 0 aliphatic carbocycles. The summed E-state index contributed by atoms with van der Waals surface area (Å²) in [5.41, 5.74) is 4.02. The minimum absolute atomic E-state index is 0.236. The molecule has 0 spiro atoms. The second-order valence-corrected chi connectivity index (χ2v) is 5.74. The van der Waals surface area contributed by atoms with Crippen LogP contribution in [-0.2, 0) is 4.79 Å². The van der Waals surface area contributed by atoms with Crippen LogP contribution in [0.3, 0.4) is 0 Å². The molecule has 3 aromatic rings. The van der Waals surface area contributed by atoms with E-state index >= 15 is 0 Å². The Kier molecular flexibility index (Phi) is 4.11. The van der Waals surface area contributed by atoms with E-state index in [1.807, 2.05) is 18.2 Å². The van der Waals surface area contributed by atoms with Gasteiger partial charge in [0.25, 0.3) is 0 Å². The van der Waals surface area contributed by atoms with Crippen molar-refractivity contribution in [2.75, 3.05) is 0 Å². The average Bonchev–Trinajstić information content (AvgIpc) is 2.88. The maximum Gasteiger partial charge on any atom is 0.142 e. The highest BCUT2D eigenvalue weighted by Crippen LogP contribution is 2.37. The molecule has 1 aromatic heterocycles. The van der Waals surface area contributed by atoms with Crippen molar-refractivity contribution in [3.63, 3.8) is 0 Å². The molecule has 0 aliphatic heterocycles. The number of fused-ring (bicyclic) bond motifs is 1. The van der Waals surface area contributed by atoms with Crippen molar-refractivity contribution in [2.45, 2.75) is 19.9 Å². The molecule has 0 atom stereocenters. The first kappa shape index (κ1) is 15.2. The molecule has 0 fully saturated rings. The number of hydrogen-bond acceptors (Lipinski definition) is 1. The average molecular weight is 307 g/mol. The van der Waals surface area contributed by atoms with E-state index in [2.05, 4.69) is 30.5 Å². The maximum atomic E-state index is 13.3. The van der Waals surface area contributed by atoms with Crippen molar-refractivity contribution in [1.29, 1.82) is 0 Å². The number of nitrogens with zero attached hydrogens (tertiary/aromatic N) is 1. The molecule has 1 heterocycles. The van der Waals surface area contributed by atoms with Crippen molar-refractivity contribution in [3.05, 3.63) is 66.1 Å². The molecule has 0 aliphatic rings. The topological polar surface area (TPSA) is 22.0 Å². The Balaban J connectivity index is 2.40. The van der Waals surface area contributed by atoms with Crippen molar-refractivity contribution in [3.8, 4) is 11.1 Å². The molecule has 0 saturated carbocycles. The van der Waals surface area contributed by atoms with E-state index < -0.39 is 0 Å². The van der Waals surface area contributed by atoms with E-state index in [4.69, 9.17) is 0 Å². The first-order valence-electron chi connectivity index (χ1n) is 7.64. The zero-order valence-electron chi connectivity index (χ0n) is 13.2. The van der Waals surface area contributed by atoms with Gasteiger partial charge < -0.3 is 4.57 Å². The van der Waals surface area contributed by atoms with Gasteiger partial charge in [0, 0.05) is 22.5 Å². The van der Waals surface area contributed by atoms with Crippen molar-refractivity contribution >= 4 is 23.3 Å². The summed E-state index contributed by atoms with van der Waals surface area (Å²) in [4.78, 5) is 10.8. The van der Waals surface area contributed by atoms with Gasteiger partial charge in [-0.05, 0) is 49.8 Å². The summed E-state index contributed by atoms with van der Waals surface area (Å²) in [6.07, 6.45) is 4.10. The van der Waals surface area contributed by atoms with Crippen LogP contribution in [0.15, 0.2) is 54.6 Å². The van der Waals surface area contributed by atoms with Gasteiger partial charge in [0.1, 0.15) is 12.1 Å². The maximum absolute atomic E-state index is 13.3. The molecular weight excluding hydrogens is 289 g/mol. The second-order valence-electron chi connectivity index (χ2n) is 5.74. The normalized spacial score (nSPS) is 11.7. The third-order valence-corrected chi connectivity index (χ3v) is 3.93. The molecule has 2 aromatic carbocycles. The Bertz CT molecular complexity index is 873. The molecule has 0 radical (unpaired) electrons. The first-order valence-corrected chi connectivity index (χ1v) is 7.64. The van der Waals surface area contributed by atoms with Crippen LogP contribution >= 0.6 is 0 Å². The van der Waals surface area contributed by atoms with Gasteiger partial charge in [-0.2, -0.15) is 0 Å². The van der Waals surface area contributed by atoms with Gasteiger partial charge in [-0.15, -0.1) is 0 Å². The number of aldehydes is 1. The number of para-hydroxylation sites is 1. The minimum atomic E-state index is -0.258. The van der Waals surface area contributed by atoms with Crippen molar-refractivity contribution in [1.82, 2.24) is 4.57 Å². The third-order valence-electron chi connectivity index (χ3n) is 3.93. The molecule has 3 heteroatoms. The summed E-state index contributed by atoms with van der Waals surface area (Å²) in [5, 5.41) is 1.10. The number of hydrogen-bond donors (Lipinski definition) is 0. The van der Waals surface area contributed by atoms with E-state index in [1.165, 1.54) is 18.2 Å². The number of rotatable bonds is 4. The Morgan fingerprint density at radius 1 is 1.04 bits per heavy atom. The predicted molar refractivity (Wildman–Crippen MR) is 92.8 cm³/mol. The smallest absolute Gasteiger partial charge is 0.142 e. The Morgan fingerprint density at radius 3 is 2.39 bits per heavy atom. The van der Waals surface area contributed by atoms with E-state index in [0.717, 1.165) is 34.0 Å². The van der Waals surface area contributed by atoms with E-state index in [0.29, 0.717) is 0 Å². The summed E-state index contributed by atoms with van der Waals surface area (Å²) < 4.78 is 15.5. The van der Waals surface area contributed by atoms with Crippen LogP contribution < -0.4 is 0 Å². The van der Waals surface area contributed by atoms with Crippen LogP contribution in [-0.4, -0.2) is 10.9 Å². The zero-order valence-corrected chi connectivity index (χ0v) is 13.2. The molecule has 0 saturated heterocycles. The SMILES string of the molecule is CC(C)n1c(/C=C\C=O)c(-c2ccc(F)cc2)c2ccccc21. The number of carbonyl (C=O) groups is 1. The van der Waals surface area contributed by atoms with Gasteiger partial charge in [0.2, 0.25) is 0 Å². The number of allylic oxidation sites excluding steroid dienone is 1. The molecule has 3 rings (SSSR count). The fourth-order valence-corrected chi connectivity index (χ4v) is 3.05. The predicted octanol–water partition coefficient (Wildman–Crippen LogP) is 5.24. The van der Waals surface area contributed by atoms with Crippen molar-refractivity contribution < 1.29 is 9.18 Å². The summed E-state index contributed by atoms with van der Waals surface area (Å²) in [6, 6.07) is 14.8. The van der Waals surface area contributed by atoms with Crippen LogP contribution in [0.4, 0.5) is 4.39 Å². The largest absolute Gasteiger partial charge is 0.338 e. The minimum Gasteiger partial charge on any atom is -0.338 e. The Labute approximate surface area is 134 Å². The van der Waals surface area contributed by atoms with Crippen LogP contribution in [0, 0.1) is 5.82 Å². The quantitative estimate of drug-likeness (QED) is 0.477. The van der Waals surface area contributed by atoms with Crippen LogP contribution in [0.25, 0.3) is 28.1 Å². The van der Waals surface area contributed by atoms with Crippen LogP contribution in [0.5, 0.6) is 0 Å². The fourth-order valence-electron chi connectivity index (χ4n) is 3.05. The molecule has 0 amide bonds. The standard InChI is InChI=1S/C20H18FNO/c1-14(2)22-18-7-4-3-6-17(18)20(19(22)8-5-13-23)15-9-11-16(21)12-10-15/h3-14H,1-2H3/b8-5-. The van der Waals surface area contributed by atoms with Crippen molar-refractivity contribution in [2.24, 2.45) is 0 Å². The Morgan fingerprint density at radius 2 is 1.74 bits per heavy atom. The molecule has 0 bridgehead atoms. The molecule has 23 heavy (non-hydrogen) atoms. The van der Waals surface area contributed by atoms with Gasteiger partial charge in [0.15, 0.2) is 0 Å². The number of benzene rings is 2. The lowest BCUT2D eigenvalue weighted by atomic mass is 10.0. The highest BCUT2D eigenvalue weighted by atomic mass is 19.1. The summed E-state index contributed by atoms with van der Waals surface area (Å²) in [5.74, 6) is -0.258. The lowest BCUT2D eigenvalue weighted by Crippen LogP contribution is -2.02. The zero-order chi connectivity index (χ0) is 16.4. The summed E-state index contributed by atoms with van der Waals surface area (Å²) in [6.45, 7) is 4.22. The van der Waals surface area contributed by atoms with Gasteiger partial charge >= 0.3 is 0 Å². The van der Waals surface area contributed by atoms with E-state index in [9.17, 15) is 9.18 Å². The first-order chi connectivity index (χ1) is 11.1. The van der Waals surface area contributed by atoms with Gasteiger partial charge in [-0.1, -0.05) is 30.3 Å². The van der Waals surface area contributed by atoms with Crippen LogP contribution in [0.2, 0.25) is 0 Å². The number of aromatic nitrogens is 1.